The summed E-state index contributed by atoms with van der Waals surface area (Å²) in [6.07, 6.45) is 0.630. The summed E-state index contributed by atoms with van der Waals surface area (Å²) >= 11 is 0. The Morgan fingerprint density at radius 2 is 0.891 bits per heavy atom. The van der Waals surface area contributed by atoms with Crippen LogP contribution in [0.4, 0.5) is 20.2 Å². The lowest BCUT2D eigenvalue weighted by molar-refractivity contribution is -0.121. The number of aromatic amines is 2. The number of fused-ring (bicyclic) bond motifs is 2. The fourth-order valence-electron chi connectivity index (χ4n) is 14.9. The van der Waals surface area contributed by atoms with E-state index in [-0.39, 0.29) is 95.7 Å². The second kappa shape index (κ2) is 26.3. The Hall–Kier alpha value is -7.72. The first-order chi connectivity index (χ1) is 43.9. The number of hydrogen-bond donors (Lipinski definition) is 4. The molecule has 0 saturated carbocycles. The van der Waals surface area contributed by atoms with Crippen LogP contribution in [0.3, 0.4) is 0 Å². The first-order valence-corrected chi connectivity index (χ1v) is 32.8. The van der Waals surface area contributed by atoms with Gasteiger partial charge in [0.2, 0.25) is 11.8 Å². The molecule has 0 unspecified atom stereocenters. The standard InChI is InChI=1S/C72H88F2N12O6/c1-45-35-83(41-63(87)85-43-71(5,6)65-61(85)31-55(67(89)77-65)27-49-15-19-57(73)20-16-49)59(33-75-45)39-79-23-25-81(37-47(79)3)69(91)53-13-9-11-51(29-53)52-12-10-14-54(30-52)70(92)82-26-24-80(48(4)38-82)40-60-34-76-46(2)36-84(60)42-64(88)86-44-72(7,8)66-62(86)32-56(68(90)78-66)28-50-17-21-58(74)22-18-50/h9-22,29-32,45-48,59-60,75-76H,23-28,33-44H2,1-8H3,(H,77,89)(H,78,90)/t45-,46-,47-,48-,59-,60-/m1/s1. The SMILES string of the molecule is C[C@@H]1CN(CC(=O)N2CC(C)(C)c3[nH]c(=O)c(Cc4ccc(F)cc4)cc32)[C@@H](CN2CCN(C(=O)c3cccc(-c4cccc(C(=O)N5CCN(C[C@H]6CN[C@H](C)CN6CC(=O)N6CC(C)(C)c7[nH]c(=O)c(Cc8ccc(F)cc8)cc76)[C@H](C)C5)c4)c3)C[C@H]2C)CN1. The fourth-order valence-corrected chi connectivity index (χ4v) is 14.9. The third-order valence-corrected chi connectivity index (χ3v) is 20.1. The summed E-state index contributed by atoms with van der Waals surface area (Å²) in [4.78, 5) is 108. The van der Waals surface area contributed by atoms with Gasteiger partial charge in [-0.1, -0.05) is 76.2 Å². The Balaban J connectivity index is 0.640. The number of halogens is 2. The van der Waals surface area contributed by atoms with Crippen molar-refractivity contribution in [3.05, 3.63) is 186 Å². The number of nitrogens with one attached hydrogen (secondary N) is 4. The van der Waals surface area contributed by atoms with Gasteiger partial charge in [-0.15, -0.1) is 0 Å². The fraction of sp³-hybridized carbons (Fsp3) is 0.472. The van der Waals surface area contributed by atoms with Crippen LogP contribution in [0.5, 0.6) is 0 Å². The maximum atomic E-state index is 14.5. The van der Waals surface area contributed by atoms with Gasteiger partial charge in [0, 0.05) is 185 Å². The summed E-state index contributed by atoms with van der Waals surface area (Å²) in [7, 11) is 0. The zero-order chi connectivity index (χ0) is 64.9. The van der Waals surface area contributed by atoms with Crippen LogP contribution in [0, 0.1) is 11.6 Å². The second-order valence-electron chi connectivity index (χ2n) is 28.2. The van der Waals surface area contributed by atoms with E-state index in [4.69, 9.17) is 0 Å². The van der Waals surface area contributed by atoms with Gasteiger partial charge in [0.05, 0.1) is 24.5 Å². The maximum Gasteiger partial charge on any atom is 0.253 e. The highest BCUT2D eigenvalue weighted by Crippen LogP contribution is 2.41. The van der Waals surface area contributed by atoms with Gasteiger partial charge >= 0.3 is 0 Å². The van der Waals surface area contributed by atoms with Gasteiger partial charge in [0.15, 0.2) is 0 Å². The molecule has 8 heterocycles. The second-order valence-corrected chi connectivity index (χ2v) is 28.2. The Morgan fingerprint density at radius 1 is 0.500 bits per heavy atom. The molecule has 4 amide bonds. The van der Waals surface area contributed by atoms with Crippen molar-refractivity contribution in [1.29, 1.82) is 0 Å². The topological polar surface area (TPSA) is 184 Å². The molecular formula is C72H88F2N12O6. The molecule has 18 nitrogen and oxygen atoms in total. The highest BCUT2D eigenvalue weighted by Gasteiger charge is 2.44. The summed E-state index contributed by atoms with van der Waals surface area (Å²) in [6.45, 7) is 25.8. The van der Waals surface area contributed by atoms with Crippen LogP contribution in [-0.2, 0) is 33.3 Å². The third kappa shape index (κ3) is 13.8. The van der Waals surface area contributed by atoms with Crippen LogP contribution in [0.15, 0.2) is 119 Å². The number of nitrogens with zero attached hydrogens (tertiary/aromatic N) is 8. The molecule has 6 aromatic rings. The minimum absolute atomic E-state index is 0.0295. The minimum Gasteiger partial charge on any atom is -0.336 e. The number of anilines is 2. The van der Waals surface area contributed by atoms with Crippen molar-refractivity contribution < 1.29 is 28.0 Å². The molecule has 12 rings (SSSR count). The zero-order valence-corrected chi connectivity index (χ0v) is 54.4. The Morgan fingerprint density at radius 3 is 1.27 bits per heavy atom. The van der Waals surface area contributed by atoms with E-state index in [0.29, 0.717) is 125 Å². The van der Waals surface area contributed by atoms with Crippen LogP contribution >= 0.6 is 0 Å². The van der Waals surface area contributed by atoms with E-state index in [1.807, 2.05) is 108 Å². The molecule has 6 aliphatic heterocycles. The summed E-state index contributed by atoms with van der Waals surface area (Å²) in [5, 5.41) is 7.29. The molecule has 4 fully saturated rings. The van der Waals surface area contributed by atoms with Crippen LogP contribution in [-0.4, -0.2) is 204 Å². The molecule has 0 aliphatic carbocycles. The van der Waals surface area contributed by atoms with Crippen molar-refractivity contribution in [2.24, 2.45) is 0 Å². The number of benzene rings is 4. The molecule has 0 spiro atoms. The van der Waals surface area contributed by atoms with Crippen molar-refractivity contribution in [2.75, 3.05) is 115 Å². The lowest BCUT2D eigenvalue weighted by Crippen LogP contribution is -2.63. The van der Waals surface area contributed by atoms with E-state index < -0.39 is 10.8 Å². The first-order valence-electron chi connectivity index (χ1n) is 32.8. The number of hydrogen-bond acceptors (Lipinski definition) is 12. The summed E-state index contributed by atoms with van der Waals surface area (Å²) < 4.78 is 27.4. The van der Waals surface area contributed by atoms with Gasteiger partial charge in [0.25, 0.3) is 22.9 Å². The monoisotopic (exact) mass is 1250 g/mol. The van der Waals surface area contributed by atoms with Crippen molar-refractivity contribution in [3.8, 4) is 11.1 Å². The van der Waals surface area contributed by atoms with E-state index in [9.17, 15) is 37.5 Å². The van der Waals surface area contributed by atoms with Crippen molar-refractivity contribution in [2.45, 2.75) is 115 Å². The lowest BCUT2D eigenvalue weighted by atomic mass is 9.91. The third-order valence-electron chi connectivity index (χ3n) is 20.1. The largest absolute Gasteiger partial charge is 0.336 e. The number of piperazine rings is 4. The molecule has 0 radical (unpaired) electrons. The number of pyridine rings is 2. The Labute approximate surface area is 537 Å². The van der Waals surface area contributed by atoms with E-state index in [2.05, 4.69) is 67.9 Å². The molecule has 486 valence electrons. The predicted octanol–water partition coefficient (Wildman–Crippen LogP) is 6.46. The van der Waals surface area contributed by atoms with Gasteiger partial charge in [-0.25, -0.2) is 8.78 Å². The molecule has 6 aliphatic rings. The smallest absolute Gasteiger partial charge is 0.253 e. The molecule has 92 heavy (non-hydrogen) atoms. The van der Waals surface area contributed by atoms with Crippen LogP contribution in [0.2, 0.25) is 0 Å². The van der Waals surface area contributed by atoms with Gasteiger partial charge in [-0.05, 0) is 111 Å². The Kier molecular flexibility index (Phi) is 18.4. The lowest BCUT2D eigenvalue weighted by Gasteiger charge is -2.45. The van der Waals surface area contributed by atoms with E-state index >= 15 is 0 Å². The highest BCUT2D eigenvalue weighted by molar-refractivity contribution is 5.99. The number of amides is 4. The summed E-state index contributed by atoms with van der Waals surface area (Å²) in [6, 6.07) is 31.8. The molecule has 20 heteroatoms. The molecule has 4 saturated heterocycles. The maximum absolute atomic E-state index is 14.5. The van der Waals surface area contributed by atoms with Gasteiger partial charge in [-0.3, -0.25) is 48.4 Å². The minimum atomic E-state index is -0.462. The normalized spacial score (nSPS) is 23.6. The molecule has 6 atom stereocenters. The average Bonchev–Trinajstić information content (AvgIpc) is 1.63. The molecule has 2 aromatic heterocycles. The number of carbonyl (C=O) groups is 4. The molecular weight excluding hydrogens is 1170 g/mol. The molecule has 0 bridgehead atoms. The van der Waals surface area contributed by atoms with E-state index in [1.165, 1.54) is 24.3 Å². The average molecular weight is 1260 g/mol. The number of rotatable bonds is 15. The van der Waals surface area contributed by atoms with E-state index in [1.54, 1.807) is 24.3 Å². The van der Waals surface area contributed by atoms with Crippen LogP contribution in [0.1, 0.15) is 110 Å². The summed E-state index contributed by atoms with van der Waals surface area (Å²) in [5.41, 5.74) is 7.09. The number of aromatic nitrogens is 2. The number of H-pyrrole nitrogens is 2. The first kappa shape index (κ1) is 64.4. The zero-order valence-electron chi connectivity index (χ0n) is 54.4. The summed E-state index contributed by atoms with van der Waals surface area (Å²) in [5.74, 6) is -0.829. The number of carbonyl (C=O) groups excluding carboxylic acids is 4. The van der Waals surface area contributed by atoms with E-state index in [0.717, 1.165) is 46.7 Å². The van der Waals surface area contributed by atoms with Gasteiger partial charge < -0.3 is 40.2 Å². The van der Waals surface area contributed by atoms with Crippen LogP contribution < -0.4 is 31.6 Å². The predicted molar refractivity (Wildman–Crippen MR) is 355 cm³/mol. The van der Waals surface area contributed by atoms with Gasteiger partial charge in [-0.2, -0.15) is 0 Å². The molecule has 4 aromatic carbocycles. The van der Waals surface area contributed by atoms with Gasteiger partial charge in [0.1, 0.15) is 11.6 Å². The van der Waals surface area contributed by atoms with Crippen LogP contribution in [0.25, 0.3) is 11.1 Å². The highest BCUT2D eigenvalue weighted by atomic mass is 19.1. The molecule has 4 N–H and O–H groups in total. The Bertz CT molecular complexity index is 3620. The quantitative estimate of drug-likeness (QED) is 0.0883. The van der Waals surface area contributed by atoms with Crippen molar-refractivity contribution >= 4 is 35.0 Å². The van der Waals surface area contributed by atoms with Crippen molar-refractivity contribution in [3.63, 3.8) is 0 Å². The van der Waals surface area contributed by atoms with Crippen molar-refractivity contribution in [1.82, 2.24) is 50.0 Å².